The number of benzene rings is 1. The number of nitrogens with zero attached hydrogens (tertiary/aromatic N) is 1. The van der Waals surface area contributed by atoms with Gasteiger partial charge in [-0.15, -0.1) is 0 Å². The van der Waals surface area contributed by atoms with Gasteiger partial charge in [-0.1, -0.05) is 24.3 Å². The molecular formula is C17H24N2O. The fraction of sp³-hybridized carbons (Fsp3) is 0.471. The molecule has 0 aliphatic heterocycles. The van der Waals surface area contributed by atoms with Gasteiger partial charge in [-0.2, -0.15) is 0 Å². The van der Waals surface area contributed by atoms with E-state index in [1.165, 1.54) is 5.39 Å². The molecule has 1 atom stereocenters. The first-order valence-electron chi connectivity index (χ1n) is 7.22. The van der Waals surface area contributed by atoms with Gasteiger partial charge in [0.1, 0.15) is 0 Å². The Morgan fingerprint density at radius 2 is 1.95 bits per heavy atom. The zero-order chi connectivity index (χ0) is 14.6. The molecule has 1 heterocycles. The molecular weight excluding hydrogens is 248 g/mol. The molecule has 3 heteroatoms. The lowest BCUT2D eigenvalue weighted by Gasteiger charge is -2.34. The molecule has 0 aliphatic carbocycles. The Balaban J connectivity index is 2.21. The van der Waals surface area contributed by atoms with E-state index >= 15 is 0 Å². The van der Waals surface area contributed by atoms with Gasteiger partial charge in [0, 0.05) is 30.1 Å². The van der Waals surface area contributed by atoms with Crippen LogP contribution in [0, 0.1) is 0 Å². The highest BCUT2D eigenvalue weighted by Gasteiger charge is 2.29. The number of nitrogens with one attached hydrogen (secondary N) is 1. The zero-order valence-electron chi connectivity index (χ0n) is 12.8. The van der Waals surface area contributed by atoms with Crippen LogP contribution in [0.3, 0.4) is 0 Å². The van der Waals surface area contributed by atoms with Crippen molar-refractivity contribution < 1.29 is 4.74 Å². The summed E-state index contributed by atoms with van der Waals surface area (Å²) >= 11 is 0. The van der Waals surface area contributed by atoms with Gasteiger partial charge in [-0.05, 0) is 40.0 Å². The number of rotatable bonds is 6. The second kappa shape index (κ2) is 6.33. The van der Waals surface area contributed by atoms with Crippen molar-refractivity contribution in [3.8, 4) is 0 Å². The van der Waals surface area contributed by atoms with Gasteiger partial charge in [0.2, 0.25) is 0 Å². The topological polar surface area (TPSA) is 34.1 Å². The third-order valence-electron chi connectivity index (χ3n) is 3.77. The molecule has 1 unspecified atom stereocenters. The van der Waals surface area contributed by atoms with Crippen molar-refractivity contribution in [3.05, 3.63) is 42.1 Å². The lowest BCUT2D eigenvalue weighted by molar-refractivity contribution is -0.0365. The molecule has 0 saturated heterocycles. The first-order valence-corrected chi connectivity index (χ1v) is 7.22. The highest BCUT2D eigenvalue weighted by Crippen LogP contribution is 2.19. The number of pyridine rings is 1. The number of likely N-dealkylation sites (N-methyl/N-ethyl adjacent to an activating group) is 1. The van der Waals surface area contributed by atoms with Crippen LogP contribution in [-0.2, 0) is 11.2 Å². The second-order valence-electron chi connectivity index (χ2n) is 5.58. The molecule has 1 aromatic carbocycles. The maximum Gasteiger partial charge on any atom is 0.0782 e. The number of para-hydroxylation sites is 1. The van der Waals surface area contributed by atoms with Gasteiger partial charge in [0.15, 0.2) is 0 Å². The largest absolute Gasteiger partial charge is 0.374 e. The van der Waals surface area contributed by atoms with Gasteiger partial charge < -0.3 is 10.1 Å². The Labute approximate surface area is 121 Å². The van der Waals surface area contributed by atoms with Crippen molar-refractivity contribution in [2.45, 2.75) is 38.8 Å². The molecule has 0 fully saturated rings. The lowest BCUT2D eigenvalue weighted by atomic mass is 9.94. The average Bonchev–Trinajstić information content (AvgIpc) is 2.44. The van der Waals surface area contributed by atoms with Crippen LogP contribution < -0.4 is 5.32 Å². The van der Waals surface area contributed by atoms with Crippen molar-refractivity contribution in [1.82, 2.24) is 10.3 Å². The maximum atomic E-state index is 5.85. The molecule has 0 radical (unpaired) electrons. The van der Waals surface area contributed by atoms with Gasteiger partial charge in [-0.25, -0.2) is 0 Å². The molecule has 0 aliphatic rings. The molecule has 2 aromatic rings. The molecule has 0 amide bonds. The monoisotopic (exact) mass is 272 g/mol. The number of aromatic nitrogens is 1. The summed E-state index contributed by atoms with van der Waals surface area (Å²) in [5.41, 5.74) is 1.93. The SMILES string of the molecule is CCOC(C)(C)C(Cc1ccc2ccccc2n1)NC. The van der Waals surface area contributed by atoms with E-state index < -0.39 is 0 Å². The first kappa shape index (κ1) is 14.9. The average molecular weight is 272 g/mol. The minimum Gasteiger partial charge on any atom is -0.374 e. The summed E-state index contributed by atoms with van der Waals surface area (Å²) in [6, 6.07) is 12.7. The Bertz CT molecular complexity index is 566. The summed E-state index contributed by atoms with van der Waals surface area (Å²) in [5, 5.41) is 4.54. The molecule has 2 rings (SSSR count). The fourth-order valence-electron chi connectivity index (χ4n) is 2.60. The Hall–Kier alpha value is -1.45. The first-order chi connectivity index (χ1) is 9.56. The number of ether oxygens (including phenoxy) is 1. The van der Waals surface area contributed by atoms with Crippen molar-refractivity contribution in [2.24, 2.45) is 0 Å². The van der Waals surface area contributed by atoms with E-state index in [1.54, 1.807) is 0 Å². The summed E-state index contributed by atoms with van der Waals surface area (Å²) in [4.78, 5) is 4.74. The van der Waals surface area contributed by atoms with Crippen LogP contribution in [0.1, 0.15) is 26.5 Å². The van der Waals surface area contributed by atoms with Crippen molar-refractivity contribution >= 4 is 10.9 Å². The van der Waals surface area contributed by atoms with Gasteiger partial charge >= 0.3 is 0 Å². The van der Waals surface area contributed by atoms with Crippen molar-refractivity contribution in [3.63, 3.8) is 0 Å². The summed E-state index contributed by atoms with van der Waals surface area (Å²) in [5.74, 6) is 0. The molecule has 1 N–H and O–H groups in total. The number of hydrogen-bond donors (Lipinski definition) is 1. The molecule has 20 heavy (non-hydrogen) atoms. The van der Waals surface area contributed by atoms with E-state index in [0.717, 1.165) is 24.2 Å². The third kappa shape index (κ3) is 3.35. The summed E-state index contributed by atoms with van der Waals surface area (Å²) < 4.78 is 5.85. The van der Waals surface area contributed by atoms with Crippen LogP contribution in [0.15, 0.2) is 36.4 Å². The van der Waals surface area contributed by atoms with E-state index in [-0.39, 0.29) is 11.6 Å². The fourth-order valence-corrected chi connectivity index (χ4v) is 2.60. The molecule has 0 bridgehead atoms. The summed E-state index contributed by atoms with van der Waals surface area (Å²) in [6.45, 7) is 7.00. The lowest BCUT2D eigenvalue weighted by Crippen LogP contribution is -2.48. The van der Waals surface area contributed by atoms with Gasteiger partial charge in [0.25, 0.3) is 0 Å². The molecule has 108 valence electrons. The smallest absolute Gasteiger partial charge is 0.0782 e. The van der Waals surface area contributed by atoms with E-state index in [0.29, 0.717) is 0 Å². The van der Waals surface area contributed by atoms with Crippen LogP contribution in [0.5, 0.6) is 0 Å². The van der Waals surface area contributed by atoms with Crippen molar-refractivity contribution in [1.29, 1.82) is 0 Å². The Morgan fingerprint density at radius 1 is 1.20 bits per heavy atom. The van der Waals surface area contributed by atoms with Gasteiger partial charge in [-0.3, -0.25) is 4.98 Å². The predicted molar refractivity (Wildman–Crippen MR) is 84.0 cm³/mol. The summed E-state index contributed by atoms with van der Waals surface area (Å²) in [7, 11) is 1.98. The van der Waals surface area contributed by atoms with E-state index in [4.69, 9.17) is 9.72 Å². The quantitative estimate of drug-likeness (QED) is 0.877. The minimum absolute atomic E-state index is 0.211. The van der Waals surface area contributed by atoms with E-state index in [2.05, 4.69) is 43.4 Å². The Kier molecular flexibility index (Phi) is 4.73. The highest BCUT2D eigenvalue weighted by atomic mass is 16.5. The van der Waals surface area contributed by atoms with Crippen LogP contribution in [0.2, 0.25) is 0 Å². The van der Waals surface area contributed by atoms with Gasteiger partial charge in [0.05, 0.1) is 11.1 Å². The number of fused-ring (bicyclic) bond motifs is 1. The minimum atomic E-state index is -0.211. The Morgan fingerprint density at radius 3 is 2.65 bits per heavy atom. The normalized spacial score (nSPS) is 13.6. The van der Waals surface area contributed by atoms with Crippen LogP contribution in [-0.4, -0.2) is 30.3 Å². The van der Waals surface area contributed by atoms with Crippen molar-refractivity contribution in [2.75, 3.05) is 13.7 Å². The van der Waals surface area contributed by atoms with E-state index in [9.17, 15) is 0 Å². The standard InChI is InChI=1S/C17H24N2O/c1-5-20-17(2,3)16(18-4)12-14-11-10-13-8-6-7-9-15(13)19-14/h6-11,16,18H,5,12H2,1-4H3. The third-order valence-corrected chi connectivity index (χ3v) is 3.77. The van der Waals surface area contributed by atoms with Crippen LogP contribution in [0.25, 0.3) is 10.9 Å². The number of hydrogen-bond acceptors (Lipinski definition) is 3. The van der Waals surface area contributed by atoms with E-state index in [1.807, 2.05) is 26.1 Å². The second-order valence-corrected chi connectivity index (χ2v) is 5.58. The molecule has 1 aromatic heterocycles. The molecule has 0 saturated carbocycles. The highest BCUT2D eigenvalue weighted by molar-refractivity contribution is 5.78. The zero-order valence-corrected chi connectivity index (χ0v) is 12.8. The maximum absolute atomic E-state index is 5.85. The predicted octanol–water partition coefficient (Wildman–Crippen LogP) is 3.18. The van der Waals surface area contributed by atoms with Crippen LogP contribution in [0.4, 0.5) is 0 Å². The molecule has 0 spiro atoms. The molecule has 3 nitrogen and oxygen atoms in total. The summed E-state index contributed by atoms with van der Waals surface area (Å²) in [6.07, 6.45) is 0.855. The van der Waals surface area contributed by atoms with Crippen LogP contribution >= 0.6 is 0 Å².